The van der Waals surface area contributed by atoms with Crippen LogP contribution in [0.2, 0.25) is 10.0 Å². The van der Waals surface area contributed by atoms with Gasteiger partial charge in [0.25, 0.3) is 5.56 Å². The van der Waals surface area contributed by atoms with E-state index in [-0.39, 0.29) is 17.1 Å². The van der Waals surface area contributed by atoms with Crippen molar-refractivity contribution < 1.29 is 4.79 Å². The molecule has 138 valence electrons. The molecule has 0 aliphatic heterocycles. The summed E-state index contributed by atoms with van der Waals surface area (Å²) < 4.78 is 1.13. The molecule has 5 nitrogen and oxygen atoms in total. The van der Waals surface area contributed by atoms with Crippen LogP contribution in [0.5, 0.6) is 0 Å². The summed E-state index contributed by atoms with van der Waals surface area (Å²) in [5, 5.41) is 7.57. The third-order valence-corrected chi connectivity index (χ3v) is 4.86. The van der Waals surface area contributed by atoms with Gasteiger partial charge in [0.15, 0.2) is 0 Å². The van der Waals surface area contributed by atoms with Gasteiger partial charge >= 0.3 is 0 Å². The summed E-state index contributed by atoms with van der Waals surface area (Å²) in [6.45, 7) is 3.75. The molecule has 0 saturated carbocycles. The minimum absolute atomic E-state index is 0.236. The van der Waals surface area contributed by atoms with Gasteiger partial charge in [0, 0.05) is 11.6 Å². The number of aromatic nitrogens is 2. The Morgan fingerprint density at radius 1 is 1.11 bits per heavy atom. The molecule has 1 N–H and O–H groups in total. The number of halogens is 2. The summed E-state index contributed by atoms with van der Waals surface area (Å²) in [4.78, 5) is 24.5. The van der Waals surface area contributed by atoms with Crippen molar-refractivity contribution in [3.8, 4) is 11.3 Å². The van der Waals surface area contributed by atoms with Gasteiger partial charge in [-0.25, -0.2) is 4.68 Å². The molecule has 3 rings (SSSR count). The first-order valence-corrected chi connectivity index (χ1v) is 9.00. The largest absolute Gasteiger partial charge is 0.323 e. The first-order valence-electron chi connectivity index (χ1n) is 8.25. The van der Waals surface area contributed by atoms with Crippen molar-refractivity contribution in [1.82, 2.24) is 9.78 Å². The second-order valence-corrected chi connectivity index (χ2v) is 6.97. The number of aryl methyl sites for hydroxylation is 2. The van der Waals surface area contributed by atoms with Crippen LogP contribution in [0.25, 0.3) is 11.3 Å². The fourth-order valence-electron chi connectivity index (χ4n) is 2.73. The highest BCUT2D eigenvalue weighted by Gasteiger charge is 2.12. The lowest BCUT2D eigenvalue weighted by Crippen LogP contribution is -2.29. The fraction of sp³-hybridized carbons (Fsp3) is 0.150. The first kappa shape index (κ1) is 19.1. The molecular weight excluding hydrogens is 385 g/mol. The standard InChI is InChI=1S/C20H17Cl2N3O2/c1-12-6-7-14(13(2)10-12)16-8-9-19(27)25(24-16)11-18(26)23-17-5-3-4-15(21)20(17)22/h3-10H,11H2,1-2H3,(H,23,26). The van der Waals surface area contributed by atoms with Crippen LogP contribution in [0.4, 0.5) is 5.69 Å². The van der Waals surface area contributed by atoms with Crippen LogP contribution in [0.15, 0.2) is 53.3 Å². The highest BCUT2D eigenvalue weighted by Crippen LogP contribution is 2.29. The zero-order valence-corrected chi connectivity index (χ0v) is 16.3. The fourth-order valence-corrected chi connectivity index (χ4v) is 3.08. The van der Waals surface area contributed by atoms with Gasteiger partial charge < -0.3 is 5.32 Å². The van der Waals surface area contributed by atoms with Crippen LogP contribution < -0.4 is 10.9 Å². The lowest BCUT2D eigenvalue weighted by atomic mass is 10.0. The van der Waals surface area contributed by atoms with Gasteiger partial charge in [-0.3, -0.25) is 9.59 Å². The number of nitrogens with one attached hydrogen (secondary N) is 1. The normalized spacial score (nSPS) is 10.7. The van der Waals surface area contributed by atoms with Crippen LogP contribution in [-0.4, -0.2) is 15.7 Å². The van der Waals surface area contributed by atoms with Crippen molar-refractivity contribution in [3.63, 3.8) is 0 Å². The van der Waals surface area contributed by atoms with Gasteiger partial charge in [-0.1, -0.05) is 53.0 Å². The molecule has 0 saturated heterocycles. The number of carbonyl (C=O) groups is 1. The summed E-state index contributed by atoms with van der Waals surface area (Å²) >= 11 is 12.0. The van der Waals surface area contributed by atoms with Gasteiger partial charge in [-0.05, 0) is 37.6 Å². The Bertz CT molecular complexity index is 1080. The Balaban J connectivity index is 1.85. The van der Waals surface area contributed by atoms with Crippen LogP contribution in [0.1, 0.15) is 11.1 Å². The van der Waals surface area contributed by atoms with E-state index in [0.29, 0.717) is 16.4 Å². The van der Waals surface area contributed by atoms with Gasteiger partial charge in [0.1, 0.15) is 6.54 Å². The van der Waals surface area contributed by atoms with E-state index in [1.54, 1.807) is 24.3 Å². The third-order valence-electron chi connectivity index (χ3n) is 4.04. The van der Waals surface area contributed by atoms with Crippen LogP contribution >= 0.6 is 23.2 Å². The number of rotatable bonds is 4. The van der Waals surface area contributed by atoms with E-state index >= 15 is 0 Å². The Morgan fingerprint density at radius 3 is 2.63 bits per heavy atom. The lowest BCUT2D eigenvalue weighted by Gasteiger charge is -2.11. The first-order chi connectivity index (χ1) is 12.8. The number of benzene rings is 2. The van der Waals surface area contributed by atoms with Crippen molar-refractivity contribution in [2.75, 3.05) is 5.32 Å². The Labute approximate surface area is 166 Å². The summed E-state index contributed by atoms with van der Waals surface area (Å²) in [5.74, 6) is -0.424. The molecule has 0 spiro atoms. The topological polar surface area (TPSA) is 64.0 Å². The maximum atomic E-state index is 12.3. The van der Waals surface area contributed by atoms with E-state index in [4.69, 9.17) is 23.2 Å². The van der Waals surface area contributed by atoms with Crippen molar-refractivity contribution in [2.45, 2.75) is 20.4 Å². The van der Waals surface area contributed by atoms with Gasteiger partial charge in [0.05, 0.1) is 21.4 Å². The zero-order valence-electron chi connectivity index (χ0n) is 14.8. The van der Waals surface area contributed by atoms with Crippen LogP contribution in [0.3, 0.4) is 0 Å². The molecule has 0 fully saturated rings. The molecule has 7 heteroatoms. The Kier molecular flexibility index (Phi) is 5.63. The number of nitrogens with zero attached hydrogens (tertiary/aromatic N) is 2. The molecule has 27 heavy (non-hydrogen) atoms. The molecule has 0 bridgehead atoms. The molecular formula is C20H17Cl2N3O2. The zero-order chi connectivity index (χ0) is 19.6. The second kappa shape index (κ2) is 7.94. The summed E-state index contributed by atoms with van der Waals surface area (Å²) in [6.07, 6.45) is 0. The molecule has 3 aromatic rings. The SMILES string of the molecule is Cc1ccc(-c2ccc(=O)n(CC(=O)Nc3cccc(Cl)c3Cl)n2)c(C)c1. The quantitative estimate of drug-likeness (QED) is 0.700. The maximum Gasteiger partial charge on any atom is 0.267 e. The smallest absolute Gasteiger partial charge is 0.267 e. The van der Waals surface area contributed by atoms with E-state index in [2.05, 4.69) is 10.4 Å². The molecule has 0 radical (unpaired) electrons. The average molecular weight is 402 g/mol. The number of anilines is 1. The van der Waals surface area contributed by atoms with E-state index < -0.39 is 5.91 Å². The third kappa shape index (κ3) is 4.38. The highest BCUT2D eigenvalue weighted by atomic mass is 35.5. The highest BCUT2D eigenvalue weighted by molar-refractivity contribution is 6.43. The molecule has 0 unspecified atom stereocenters. The lowest BCUT2D eigenvalue weighted by molar-refractivity contribution is -0.117. The van der Waals surface area contributed by atoms with Gasteiger partial charge in [0.2, 0.25) is 5.91 Å². The summed E-state index contributed by atoms with van der Waals surface area (Å²) in [6, 6.07) is 14.0. The molecule has 0 atom stereocenters. The minimum Gasteiger partial charge on any atom is -0.323 e. The van der Waals surface area contributed by atoms with Gasteiger partial charge in [-0.15, -0.1) is 0 Å². The maximum absolute atomic E-state index is 12.3. The van der Waals surface area contributed by atoms with Crippen LogP contribution in [0, 0.1) is 13.8 Å². The van der Waals surface area contributed by atoms with Crippen molar-refractivity contribution >= 4 is 34.8 Å². The van der Waals surface area contributed by atoms with Gasteiger partial charge in [-0.2, -0.15) is 5.10 Å². The molecule has 1 heterocycles. The minimum atomic E-state index is -0.424. The molecule has 0 aliphatic rings. The number of hydrogen-bond acceptors (Lipinski definition) is 3. The molecule has 0 aliphatic carbocycles. The molecule has 2 aromatic carbocycles. The molecule has 1 aromatic heterocycles. The second-order valence-electron chi connectivity index (χ2n) is 6.18. The van der Waals surface area contributed by atoms with E-state index in [9.17, 15) is 9.59 Å². The van der Waals surface area contributed by atoms with Crippen LogP contribution in [-0.2, 0) is 11.3 Å². The van der Waals surface area contributed by atoms with E-state index in [1.807, 2.05) is 32.0 Å². The number of hydrogen-bond donors (Lipinski definition) is 1. The number of amides is 1. The Hall–Kier alpha value is -2.63. The number of carbonyl (C=O) groups excluding carboxylic acids is 1. The van der Waals surface area contributed by atoms with E-state index in [0.717, 1.165) is 21.4 Å². The van der Waals surface area contributed by atoms with E-state index in [1.165, 1.54) is 6.07 Å². The van der Waals surface area contributed by atoms with Crippen molar-refractivity contribution in [3.05, 3.63) is 80.1 Å². The van der Waals surface area contributed by atoms with Crippen molar-refractivity contribution in [2.24, 2.45) is 0 Å². The average Bonchev–Trinajstić information content (AvgIpc) is 2.61. The predicted molar refractivity (Wildman–Crippen MR) is 108 cm³/mol. The predicted octanol–water partition coefficient (Wildman–Crippen LogP) is 4.47. The summed E-state index contributed by atoms with van der Waals surface area (Å²) in [7, 11) is 0. The van der Waals surface area contributed by atoms with Crippen molar-refractivity contribution in [1.29, 1.82) is 0 Å². The molecule has 1 amide bonds. The Morgan fingerprint density at radius 2 is 1.89 bits per heavy atom. The summed E-state index contributed by atoms with van der Waals surface area (Å²) in [5.41, 5.74) is 3.74. The monoisotopic (exact) mass is 401 g/mol.